The van der Waals surface area contributed by atoms with Crippen LogP contribution in [0.2, 0.25) is 5.02 Å². The van der Waals surface area contributed by atoms with E-state index in [2.05, 4.69) is 4.98 Å². The van der Waals surface area contributed by atoms with Crippen LogP contribution in [-0.2, 0) is 0 Å². The van der Waals surface area contributed by atoms with E-state index >= 15 is 0 Å². The number of hydrogen-bond acceptors (Lipinski definition) is 2. The number of halogens is 2. The summed E-state index contributed by atoms with van der Waals surface area (Å²) in [6.07, 6.45) is 2.88. The van der Waals surface area contributed by atoms with Gasteiger partial charge in [-0.1, -0.05) is 41.9 Å². The van der Waals surface area contributed by atoms with Gasteiger partial charge in [-0.05, 0) is 31.2 Å². The Bertz CT molecular complexity index is 1090. The van der Waals surface area contributed by atoms with Crippen LogP contribution in [-0.4, -0.2) is 14.5 Å². The summed E-state index contributed by atoms with van der Waals surface area (Å²) in [4.78, 5) is 4.60. The molecular formula is C21H16ClFN2O. The maximum Gasteiger partial charge on any atom is 0.137 e. The highest BCUT2D eigenvalue weighted by Gasteiger charge is 2.14. The van der Waals surface area contributed by atoms with Crippen molar-refractivity contribution in [3.05, 3.63) is 83.4 Å². The Balaban J connectivity index is 1.79. The first-order chi connectivity index (χ1) is 12.5. The number of imidazole rings is 1. The second-order valence-electron chi connectivity index (χ2n) is 6.20. The molecule has 3 nitrogen and oxygen atoms in total. The molecule has 0 fully saturated rings. The van der Waals surface area contributed by atoms with E-state index in [9.17, 15) is 9.50 Å². The highest BCUT2D eigenvalue weighted by molar-refractivity contribution is 6.30. The van der Waals surface area contributed by atoms with Crippen LogP contribution in [0.3, 0.4) is 0 Å². The van der Waals surface area contributed by atoms with Gasteiger partial charge in [-0.3, -0.25) is 0 Å². The fraction of sp³-hybridized carbons (Fsp3) is 0.0952. The van der Waals surface area contributed by atoms with Crippen molar-refractivity contribution < 1.29 is 9.50 Å². The second kappa shape index (κ2) is 6.56. The van der Waals surface area contributed by atoms with Crippen molar-refractivity contribution in [2.24, 2.45) is 0 Å². The van der Waals surface area contributed by atoms with E-state index in [1.807, 2.05) is 53.2 Å². The molecule has 1 atom stereocenters. The molecule has 0 bridgehead atoms. The summed E-state index contributed by atoms with van der Waals surface area (Å²) >= 11 is 5.94. The number of nitrogens with zero attached hydrogens (tertiary/aromatic N) is 2. The molecule has 4 aromatic rings. The lowest BCUT2D eigenvalue weighted by Gasteiger charge is -2.10. The Labute approximate surface area is 155 Å². The fourth-order valence-electron chi connectivity index (χ4n) is 3.01. The van der Waals surface area contributed by atoms with E-state index in [1.54, 1.807) is 25.1 Å². The maximum absolute atomic E-state index is 14.7. The lowest BCUT2D eigenvalue weighted by Crippen LogP contribution is -1.98. The molecule has 26 heavy (non-hydrogen) atoms. The summed E-state index contributed by atoms with van der Waals surface area (Å²) in [6, 6.07) is 16.2. The number of hydrogen-bond donors (Lipinski definition) is 1. The average molecular weight is 367 g/mol. The molecule has 0 aliphatic heterocycles. The third-order valence-corrected chi connectivity index (χ3v) is 4.63. The van der Waals surface area contributed by atoms with Gasteiger partial charge in [0.05, 0.1) is 11.8 Å². The highest BCUT2D eigenvalue weighted by atomic mass is 35.5. The summed E-state index contributed by atoms with van der Waals surface area (Å²) in [5.74, 6) is -0.403. The Hall–Kier alpha value is -2.69. The SMILES string of the molecule is CC(O)c1cccc(-c2ccc3nc(-c4ccc(Cl)cc4)cn3c2)c1F. The van der Waals surface area contributed by atoms with Gasteiger partial charge in [0.25, 0.3) is 0 Å². The standard InChI is InChI=1S/C21H16ClFN2O/c1-13(26)17-3-2-4-18(21(17)23)15-7-10-20-24-19(12-25(20)11-15)14-5-8-16(22)9-6-14/h2-13,26H,1H3. The van der Waals surface area contributed by atoms with Crippen LogP contribution in [0.4, 0.5) is 4.39 Å². The summed E-state index contributed by atoms with van der Waals surface area (Å²) in [6.45, 7) is 1.56. The van der Waals surface area contributed by atoms with Crippen LogP contribution in [0.25, 0.3) is 28.0 Å². The van der Waals surface area contributed by atoms with Crippen molar-refractivity contribution in [1.82, 2.24) is 9.38 Å². The number of pyridine rings is 1. The molecule has 2 aromatic carbocycles. The quantitative estimate of drug-likeness (QED) is 0.518. The van der Waals surface area contributed by atoms with E-state index < -0.39 is 11.9 Å². The van der Waals surface area contributed by atoms with Crippen molar-refractivity contribution in [1.29, 1.82) is 0 Å². The molecule has 0 radical (unpaired) electrons. The van der Waals surface area contributed by atoms with Gasteiger partial charge in [0, 0.05) is 39.7 Å². The first kappa shape index (κ1) is 16.8. The van der Waals surface area contributed by atoms with Gasteiger partial charge in [-0.2, -0.15) is 0 Å². The van der Waals surface area contributed by atoms with Crippen LogP contribution >= 0.6 is 11.6 Å². The molecule has 0 aliphatic carbocycles. The first-order valence-electron chi connectivity index (χ1n) is 8.24. The average Bonchev–Trinajstić information content (AvgIpc) is 3.05. The first-order valence-corrected chi connectivity index (χ1v) is 8.62. The largest absolute Gasteiger partial charge is 0.389 e. The van der Waals surface area contributed by atoms with Crippen LogP contribution < -0.4 is 0 Å². The number of fused-ring (bicyclic) bond motifs is 1. The zero-order valence-electron chi connectivity index (χ0n) is 14.0. The van der Waals surface area contributed by atoms with Gasteiger partial charge in [0.15, 0.2) is 0 Å². The Morgan fingerprint density at radius 1 is 1.00 bits per heavy atom. The minimum atomic E-state index is -0.858. The Kier molecular flexibility index (Phi) is 4.23. The molecule has 0 saturated heterocycles. The van der Waals surface area contributed by atoms with Crippen molar-refractivity contribution >= 4 is 17.2 Å². The maximum atomic E-state index is 14.7. The van der Waals surface area contributed by atoms with Crippen molar-refractivity contribution in [2.75, 3.05) is 0 Å². The lowest BCUT2D eigenvalue weighted by atomic mass is 10.0. The second-order valence-corrected chi connectivity index (χ2v) is 6.64. The third kappa shape index (κ3) is 2.98. The molecule has 0 amide bonds. The Morgan fingerprint density at radius 3 is 2.46 bits per heavy atom. The summed E-state index contributed by atoms with van der Waals surface area (Å²) in [5, 5.41) is 10.4. The molecule has 130 valence electrons. The highest BCUT2D eigenvalue weighted by Crippen LogP contribution is 2.29. The van der Waals surface area contributed by atoms with E-state index in [0.717, 1.165) is 22.5 Å². The molecule has 4 rings (SSSR count). The number of aliphatic hydroxyl groups excluding tert-OH is 1. The summed E-state index contributed by atoms with van der Waals surface area (Å²) < 4.78 is 16.6. The summed E-state index contributed by atoms with van der Waals surface area (Å²) in [7, 11) is 0. The molecule has 1 unspecified atom stereocenters. The van der Waals surface area contributed by atoms with Crippen LogP contribution in [0, 0.1) is 5.82 Å². The normalized spacial score (nSPS) is 12.5. The van der Waals surface area contributed by atoms with E-state index in [0.29, 0.717) is 10.6 Å². The smallest absolute Gasteiger partial charge is 0.137 e. The van der Waals surface area contributed by atoms with E-state index in [1.165, 1.54) is 0 Å². The molecule has 2 heterocycles. The lowest BCUT2D eigenvalue weighted by molar-refractivity contribution is 0.194. The zero-order chi connectivity index (χ0) is 18.3. The number of benzene rings is 2. The molecule has 5 heteroatoms. The van der Waals surface area contributed by atoms with Gasteiger partial charge < -0.3 is 9.51 Å². The van der Waals surface area contributed by atoms with Crippen molar-refractivity contribution in [3.8, 4) is 22.4 Å². The van der Waals surface area contributed by atoms with Crippen LogP contribution in [0.15, 0.2) is 67.0 Å². The van der Waals surface area contributed by atoms with Gasteiger partial charge in [0.1, 0.15) is 11.5 Å². The minimum Gasteiger partial charge on any atom is -0.389 e. The van der Waals surface area contributed by atoms with E-state index in [4.69, 9.17) is 11.6 Å². The van der Waals surface area contributed by atoms with Crippen molar-refractivity contribution in [3.63, 3.8) is 0 Å². The van der Waals surface area contributed by atoms with Gasteiger partial charge in [-0.25, -0.2) is 9.37 Å². The third-order valence-electron chi connectivity index (χ3n) is 4.38. The molecule has 2 aromatic heterocycles. The predicted octanol–water partition coefficient (Wildman–Crippen LogP) is 5.51. The molecular weight excluding hydrogens is 351 g/mol. The topological polar surface area (TPSA) is 37.5 Å². The monoisotopic (exact) mass is 366 g/mol. The fourth-order valence-corrected chi connectivity index (χ4v) is 3.13. The van der Waals surface area contributed by atoms with Gasteiger partial charge in [0.2, 0.25) is 0 Å². The predicted molar refractivity (Wildman–Crippen MR) is 102 cm³/mol. The minimum absolute atomic E-state index is 0.287. The number of rotatable bonds is 3. The van der Waals surface area contributed by atoms with E-state index in [-0.39, 0.29) is 5.56 Å². The molecule has 0 spiro atoms. The van der Waals surface area contributed by atoms with Crippen molar-refractivity contribution in [2.45, 2.75) is 13.0 Å². The number of aliphatic hydroxyl groups is 1. The summed E-state index contributed by atoms with van der Waals surface area (Å²) in [5.41, 5.74) is 4.00. The van der Waals surface area contributed by atoms with Gasteiger partial charge >= 0.3 is 0 Å². The number of aromatic nitrogens is 2. The van der Waals surface area contributed by atoms with Crippen LogP contribution in [0.1, 0.15) is 18.6 Å². The van der Waals surface area contributed by atoms with Crippen LogP contribution in [0.5, 0.6) is 0 Å². The molecule has 0 saturated carbocycles. The Morgan fingerprint density at radius 2 is 1.73 bits per heavy atom. The molecule has 0 aliphatic rings. The van der Waals surface area contributed by atoms with Gasteiger partial charge in [-0.15, -0.1) is 0 Å². The zero-order valence-corrected chi connectivity index (χ0v) is 14.8. The molecule has 1 N–H and O–H groups in total.